The lowest BCUT2D eigenvalue weighted by Crippen LogP contribution is -2.17. The third-order valence-corrected chi connectivity index (χ3v) is 5.01. The molecule has 0 saturated heterocycles. The van der Waals surface area contributed by atoms with Crippen molar-refractivity contribution >= 4 is 34.4 Å². The van der Waals surface area contributed by atoms with E-state index in [-0.39, 0.29) is 5.56 Å². The van der Waals surface area contributed by atoms with Gasteiger partial charge in [-0.3, -0.25) is 4.79 Å². The summed E-state index contributed by atoms with van der Waals surface area (Å²) in [6.07, 6.45) is 2.37. The topological polar surface area (TPSA) is 45.8 Å². The van der Waals surface area contributed by atoms with Crippen LogP contribution in [0.4, 0.5) is 0 Å². The van der Waals surface area contributed by atoms with Crippen LogP contribution in [0.2, 0.25) is 0 Å². The van der Waals surface area contributed by atoms with Gasteiger partial charge in [0.25, 0.3) is 5.56 Å². The van der Waals surface area contributed by atoms with E-state index in [1.54, 1.807) is 0 Å². The van der Waals surface area contributed by atoms with E-state index in [1.807, 2.05) is 11.8 Å². The van der Waals surface area contributed by atoms with Gasteiger partial charge < -0.3 is 4.98 Å². The van der Waals surface area contributed by atoms with Gasteiger partial charge in [-0.05, 0) is 47.1 Å². The lowest BCUT2D eigenvalue weighted by molar-refractivity contribution is 0.749. The molecule has 1 aromatic rings. The summed E-state index contributed by atoms with van der Waals surface area (Å²) in [5.74, 6) is 3.97. The van der Waals surface area contributed by atoms with Gasteiger partial charge in [0.05, 0.1) is 15.0 Å². The first-order valence-corrected chi connectivity index (χ1v) is 8.17. The predicted molar refractivity (Wildman–Crippen MR) is 80.5 cm³/mol. The van der Waals surface area contributed by atoms with Crippen molar-refractivity contribution in [1.82, 2.24) is 9.97 Å². The maximum atomic E-state index is 11.8. The van der Waals surface area contributed by atoms with Crippen molar-refractivity contribution in [3.63, 3.8) is 0 Å². The first kappa shape index (κ1) is 13.4. The molecule has 0 amide bonds. The second-order valence-corrected chi connectivity index (χ2v) is 7.00. The second kappa shape index (κ2) is 5.73. The molecule has 0 aromatic carbocycles. The van der Waals surface area contributed by atoms with E-state index in [2.05, 4.69) is 46.4 Å². The third-order valence-electron chi connectivity index (χ3n) is 2.59. The van der Waals surface area contributed by atoms with Gasteiger partial charge in [0.1, 0.15) is 5.82 Å². The summed E-state index contributed by atoms with van der Waals surface area (Å²) >= 11 is 3.95. The van der Waals surface area contributed by atoms with Crippen LogP contribution in [0.1, 0.15) is 44.1 Å². The van der Waals surface area contributed by atoms with Crippen LogP contribution >= 0.6 is 34.4 Å². The normalized spacial score (nSPS) is 15.5. The van der Waals surface area contributed by atoms with Gasteiger partial charge >= 0.3 is 0 Å². The van der Waals surface area contributed by atoms with Crippen LogP contribution in [-0.4, -0.2) is 15.7 Å². The van der Waals surface area contributed by atoms with Gasteiger partial charge in [-0.1, -0.05) is 13.8 Å². The second-order valence-electron chi connectivity index (χ2n) is 4.90. The first-order valence-electron chi connectivity index (χ1n) is 5.94. The predicted octanol–water partition coefficient (Wildman–Crippen LogP) is 3.14. The van der Waals surface area contributed by atoms with Crippen LogP contribution in [-0.2, 0) is 5.75 Å². The molecule has 94 valence electrons. The molecule has 1 aliphatic carbocycles. The average Bonchev–Trinajstić information content (AvgIpc) is 3.06. The Morgan fingerprint density at radius 1 is 1.53 bits per heavy atom. The molecule has 1 aliphatic rings. The van der Waals surface area contributed by atoms with Gasteiger partial charge in [-0.15, -0.1) is 0 Å². The summed E-state index contributed by atoms with van der Waals surface area (Å²) in [6.45, 7) is 4.40. The molecule has 2 rings (SSSR count). The van der Waals surface area contributed by atoms with Crippen molar-refractivity contribution in [2.45, 2.75) is 38.4 Å². The number of aromatic nitrogens is 2. The maximum Gasteiger partial charge on any atom is 0.264 e. The number of nitrogens with zero attached hydrogens (tertiary/aromatic N) is 1. The number of rotatable bonds is 5. The molecule has 1 N–H and O–H groups in total. The number of nitrogens with one attached hydrogen (secondary N) is 1. The molecule has 0 unspecified atom stereocenters. The third kappa shape index (κ3) is 3.71. The monoisotopic (exact) mass is 364 g/mol. The fraction of sp³-hybridized carbons (Fsp3) is 0.667. The smallest absolute Gasteiger partial charge is 0.264 e. The highest BCUT2D eigenvalue weighted by atomic mass is 127. The zero-order valence-corrected chi connectivity index (χ0v) is 13.1. The minimum absolute atomic E-state index is 0.0302. The molecule has 17 heavy (non-hydrogen) atoms. The number of halogens is 1. The molecule has 0 atom stereocenters. The van der Waals surface area contributed by atoms with Crippen LogP contribution in [0.3, 0.4) is 0 Å². The Kier molecular flexibility index (Phi) is 4.52. The van der Waals surface area contributed by atoms with E-state index in [1.165, 1.54) is 12.8 Å². The SMILES string of the molecule is CC(C)CSCc1nc(C2CC2)c(I)c(=O)[nH]1. The molecule has 0 spiro atoms. The van der Waals surface area contributed by atoms with Gasteiger partial charge in [0, 0.05) is 5.92 Å². The Balaban J connectivity index is 2.09. The van der Waals surface area contributed by atoms with Crippen LogP contribution < -0.4 is 5.56 Å². The molecule has 1 aromatic heterocycles. The quantitative estimate of drug-likeness (QED) is 0.817. The first-order chi connectivity index (χ1) is 8.08. The lowest BCUT2D eigenvalue weighted by Gasteiger charge is -2.07. The van der Waals surface area contributed by atoms with Crippen LogP contribution in [0.25, 0.3) is 0 Å². The number of aromatic amines is 1. The van der Waals surface area contributed by atoms with Crippen molar-refractivity contribution in [2.75, 3.05) is 5.75 Å². The summed E-state index contributed by atoms with van der Waals surface area (Å²) < 4.78 is 0.780. The Bertz CT molecular complexity index is 454. The standard InChI is InChI=1S/C12H17IN2OS/c1-7(2)5-17-6-9-14-11(8-3-4-8)10(13)12(16)15-9/h7-8H,3-6H2,1-2H3,(H,14,15,16). The van der Waals surface area contributed by atoms with Crippen molar-refractivity contribution in [3.05, 3.63) is 25.4 Å². The average molecular weight is 364 g/mol. The van der Waals surface area contributed by atoms with Crippen molar-refractivity contribution in [1.29, 1.82) is 0 Å². The maximum absolute atomic E-state index is 11.8. The number of thioether (sulfide) groups is 1. The highest BCUT2D eigenvalue weighted by molar-refractivity contribution is 14.1. The van der Waals surface area contributed by atoms with E-state index >= 15 is 0 Å². The van der Waals surface area contributed by atoms with Gasteiger partial charge in [0.15, 0.2) is 0 Å². The van der Waals surface area contributed by atoms with E-state index < -0.39 is 0 Å². The molecule has 0 aliphatic heterocycles. The molecule has 1 saturated carbocycles. The Hall–Kier alpha value is -0.0400. The summed E-state index contributed by atoms with van der Waals surface area (Å²) in [7, 11) is 0. The molecule has 1 heterocycles. The Morgan fingerprint density at radius 2 is 2.24 bits per heavy atom. The van der Waals surface area contributed by atoms with Gasteiger partial charge in [-0.2, -0.15) is 11.8 Å². The molecular weight excluding hydrogens is 347 g/mol. The zero-order valence-electron chi connectivity index (χ0n) is 10.1. The zero-order chi connectivity index (χ0) is 12.4. The number of hydrogen-bond acceptors (Lipinski definition) is 3. The fourth-order valence-corrected chi connectivity index (χ4v) is 3.23. The van der Waals surface area contributed by atoms with Crippen molar-refractivity contribution in [2.24, 2.45) is 5.92 Å². The lowest BCUT2D eigenvalue weighted by atomic mass is 10.3. The van der Waals surface area contributed by atoms with E-state index in [0.29, 0.717) is 11.8 Å². The van der Waals surface area contributed by atoms with Gasteiger partial charge in [0.2, 0.25) is 0 Å². The minimum atomic E-state index is 0.0302. The Labute approximate surface area is 119 Å². The minimum Gasteiger partial charge on any atom is -0.309 e. The van der Waals surface area contributed by atoms with Crippen LogP contribution in [0, 0.1) is 9.49 Å². The van der Waals surface area contributed by atoms with Gasteiger partial charge in [-0.25, -0.2) is 4.98 Å². The fourth-order valence-electron chi connectivity index (χ4n) is 1.61. The van der Waals surface area contributed by atoms with E-state index in [4.69, 9.17) is 0 Å². The molecule has 3 nitrogen and oxygen atoms in total. The summed E-state index contributed by atoms with van der Waals surface area (Å²) in [4.78, 5) is 19.3. The highest BCUT2D eigenvalue weighted by Crippen LogP contribution is 2.40. The summed E-state index contributed by atoms with van der Waals surface area (Å²) in [5, 5.41) is 0. The molecular formula is C12H17IN2OS. The molecule has 1 fully saturated rings. The number of H-pyrrole nitrogens is 1. The molecule has 0 radical (unpaired) electrons. The molecule has 5 heteroatoms. The van der Waals surface area contributed by atoms with E-state index in [9.17, 15) is 4.79 Å². The molecule has 0 bridgehead atoms. The summed E-state index contributed by atoms with van der Waals surface area (Å²) in [5.41, 5.74) is 1.05. The van der Waals surface area contributed by atoms with E-state index in [0.717, 1.165) is 26.6 Å². The number of hydrogen-bond donors (Lipinski definition) is 1. The van der Waals surface area contributed by atoms with Crippen LogP contribution in [0.5, 0.6) is 0 Å². The summed E-state index contributed by atoms with van der Waals surface area (Å²) in [6, 6.07) is 0. The Morgan fingerprint density at radius 3 is 2.82 bits per heavy atom. The largest absolute Gasteiger partial charge is 0.309 e. The van der Waals surface area contributed by atoms with Crippen molar-refractivity contribution < 1.29 is 0 Å². The highest BCUT2D eigenvalue weighted by Gasteiger charge is 2.28. The van der Waals surface area contributed by atoms with Crippen LogP contribution in [0.15, 0.2) is 4.79 Å². The van der Waals surface area contributed by atoms with Crippen molar-refractivity contribution in [3.8, 4) is 0 Å².